The Balaban J connectivity index is 5.39. The zero-order chi connectivity index (χ0) is 19.6. The Labute approximate surface area is 130 Å². The zero-order valence-corrected chi connectivity index (χ0v) is 12.5. The maximum atomic E-state index is 13.4. The fourth-order valence-corrected chi connectivity index (χ4v) is 0.995. The van der Waals surface area contributed by atoms with Gasteiger partial charge in [-0.15, -0.1) is 0 Å². The van der Waals surface area contributed by atoms with Gasteiger partial charge in [-0.05, 0) is 20.8 Å². The number of alkyl halides is 8. The van der Waals surface area contributed by atoms with E-state index in [-0.39, 0.29) is 0 Å². The van der Waals surface area contributed by atoms with Crippen molar-refractivity contribution < 1.29 is 59.5 Å². The normalized spacial score (nSPS) is 16.4. The van der Waals surface area contributed by atoms with Gasteiger partial charge < -0.3 is 9.84 Å². The van der Waals surface area contributed by atoms with Gasteiger partial charge in [0, 0.05) is 0 Å². The largest absolute Gasteiger partial charge is 0.463 e. The van der Waals surface area contributed by atoms with Crippen LogP contribution in [0.5, 0.6) is 0 Å². The Morgan fingerprint density at radius 3 is 1.75 bits per heavy atom. The van der Waals surface area contributed by atoms with Crippen LogP contribution in [0.25, 0.3) is 0 Å². The second-order valence-corrected chi connectivity index (χ2v) is 5.50. The van der Waals surface area contributed by atoms with Gasteiger partial charge in [-0.25, -0.2) is 13.7 Å². The van der Waals surface area contributed by atoms with Crippen LogP contribution in [0, 0.1) is 0 Å². The second kappa shape index (κ2) is 7.35. The Kier molecular flexibility index (Phi) is 6.98. The first kappa shape index (κ1) is 22.8. The van der Waals surface area contributed by atoms with E-state index in [1.807, 2.05) is 0 Å². The van der Waals surface area contributed by atoms with Gasteiger partial charge in [-0.3, -0.25) is 4.79 Å². The molecule has 0 spiro atoms. The minimum atomic E-state index is -5.49. The van der Waals surface area contributed by atoms with E-state index < -0.39 is 48.7 Å². The second-order valence-electron chi connectivity index (χ2n) is 5.50. The third kappa shape index (κ3) is 6.02. The summed E-state index contributed by atoms with van der Waals surface area (Å²) in [6.45, 7) is 3.49. The third-order valence-electron chi connectivity index (χ3n) is 2.11. The lowest BCUT2D eigenvalue weighted by Crippen LogP contribution is -2.57. The predicted molar refractivity (Wildman–Crippen MR) is 59.5 cm³/mol. The van der Waals surface area contributed by atoms with Crippen LogP contribution in [0.1, 0.15) is 27.2 Å². The number of carbonyl (C=O) groups excluding carboxylic acids is 1. The molecule has 5 nitrogen and oxygen atoms in total. The quantitative estimate of drug-likeness (QED) is 0.231. The highest BCUT2D eigenvalue weighted by Gasteiger charge is 2.64. The molecule has 0 aliphatic heterocycles. The smallest absolute Gasteiger partial charge is 0.396 e. The summed E-state index contributed by atoms with van der Waals surface area (Å²) in [7, 11) is 0. The molecular weight excluding hydrogens is 364 g/mol. The number of aliphatic hydroxyl groups is 1. The lowest BCUT2D eigenvalue weighted by atomic mass is 10.1. The standard InChI is InChI=1S/C11H14F8O5/c1-8(2,3)23-24-9(21,10(16,17)6(12)13)4-5(20)22-11(18,19)7(14)15/h6-7,21H,4H2,1-3H3. The summed E-state index contributed by atoms with van der Waals surface area (Å²) < 4.78 is 103. The van der Waals surface area contributed by atoms with Gasteiger partial charge in [0.1, 0.15) is 6.42 Å². The highest BCUT2D eigenvalue weighted by molar-refractivity contribution is 5.71. The molecule has 13 heteroatoms. The minimum Gasteiger partial charge on any atom is -0.396 e. The van der Waals surface area contributed by atoms with Crippen molar-refractivity contribution in [3.05, 3.63) is 0 Å². The van der Waals surface area contributed by atoms with Crippen molar-refractivity contribution in [1.29, 1.82) is 0 Å². The summed E-state index contributed by atoms with van der Waals surface area (Å²) in [6, 6.07) is 0. The third-order valence-corrected chi connectivity index (χ3v) is 2.11. The van der Waals surface area contributed by atoms with E-state index in [1.165, 1.54) is 0 Å². The van der Waals surface area contributed by atoms with Crippen LogP contribution >= 0.6 is 0 Å². The highest BCUT2D eigenvalue weighted by Crippen LogP contribution is 2.40. The minimum absolute atomic E-state index is 1.16. The van der Waals surface area contributed by atoms with Crippen molar-refractivity contribution in [2.75, 3.05) is 0 Å². The molecule has 1 atom stereocenters. The fourth-order valence-electron chi connectivity index (χ4n) is 0.995. The maximum absolute atomic E-state index is 13.4. The number of hydrogen-bond donors (Lipinski definition) is 1. The average Bonchev–Trinajstić information content (AvgIpc) is 2.34. The molecule has 0 fully saturated rings. The molecular formula is C11H14F8O5. The van der Waals surface area contributed by atoms with E-state index in [1.54, 1.807) is 0 Å². The van der Waals surface area contributed by atoms with Crippen molar-refractivity contribution in [3.8, 4) is 0 Å². The first-order chi connectivity index (χ1) is 10.4. The number of ether oxygens (including phenoxy) is 1. The Morgan fingerprint density at radius 2 is 1.42 bits per heavy atom. The number of rotatable bonds is 8. The molecule has 0 aromatic heterocycles. The van der Waals surface area contributed by atoms with Crippen molar-refractivity contribution >= 4 is 5.97 Å². The zero-order valence-electron chi connectivity index (χ0n) is 12.5. The molecule has 1 unspecified atom stereocenters. The molecule has 0 radical (unpaired) electrons. The van der Waals surface area contributed by atoms with E-state index >= 15 is 0 Å². The fraction of sp³-hybridized carbons (Fsp3) is 0.909. The monoisotopic (exact) mass is 378 g/mol. The van der Waals surface area contributed by atoms with E-state index in [2.05, 4.69) is 14.5 Å². The predicted octanol–water partition coefficient (Wildman–Crippen LogP) is 3.11. The van der Waals surface area contributed by atoms with Gasteiger partial charge in [-0.1, -0.05) is 0 Å². The Bertz CT molecular complexity index is 437. The topological polar surface area (TPSA) is 65.0 Å². The van der Waals surface area contributed by atoms with Crippen molar-refractivity contribution in [2.24, 2.45) is 0 Å². The summed E-state index contributed by atoms with van der Waals surface area (Å²) in [6.07, 6.45) is -16.9. The molecule has 0 aliphatic carbocycles. The molecule has 24 heavy (non-hydrogen) atoms. The first-order valence-electron chi connectivity index (χ1n) is 6.07. The summed E-state index contributed by atoms with van der Waals surface area (Å²) in [5.74, 6) is -12.5. The summed E-state index contributed by atoms with van der Waals surface area (Å²) in [5, 5.41) is 9.47. The van der Waals surface area contributed by atoms with Gasteiger partial charge in [0.15, 0.2) is 0 Å². The van der Waals surface area contributed by atoms with E-state index in [0.717, 1.165) is 20.8 Å². The van der Waals surface area contributed by atoms with Crippen LogP contribution < -0.4 is 0 Å². The van der Waals surface area contributed by atoms with Crippen LogP contribution in [0.3, 0.4) is 0 Å². The molecule has 0 rings (SSSR count). The number of carbonyl (C=O) groups is 1. The maximum Gasteiger partial charge on any atom is 0.463 e. The molecule has 0 amide bonds. The van der Waals surface area contributed by atoms with Gasteiger partial charge in [-0.2, -0.15) is 31.2 Å². The molecule has 0 saturated carbocycles. The molecule has 0 aliphatic rings. The van der Waals surface area contributed by atoms with Gasteiger partial charge in [0.25, 0.3) is 5.79 Å². The first-order valence-corrected chi connectivity index (χ1v) is 6.07. The summed E-state index contributed by atoms with van der Waals surface area (Å²) >= 11 is 0. The summed E-state index contributed by atoms with van der Waals surface area (Å²) in [4.78, 5) is 19.0. The number of hydrogen-bond acceptors (Lipinski definition) is 5. The van der Waals surface area contributed by atoms with Crippen molar-refractivity contribution in [2.45, 2.75) is 63.5 Å². The highest BCUT2D eigenvalue weighted by atomic mass is 19.3. The van der Waals surface area contributed by atoms with Crippen LogP contribution in [0.2, 0.25) is 0 Å². The van der Waals surface area contributed by atoms with E-state index in [9.17, 15) is 45.0 Å². The Hall–Kier alpha value is -1.21. The van der Waals surface area contributed by atoms with Crippen LogP contribution in [0.4, 0.5) is 35.1 Å². The molecule has 1 N–H and O–H groups in total. The molecule has 144 valence electrons. The van der Waals surface area contributed by atoms with Crippen LogP contribution in [-0.4, -0.2) is 47.3 Å². The van der Waals surface area contributed by atoms with Gasteiger partial charge in [0.05, 0.1) is 5.60 Å². The molecule has 0 heterocycles. The van der Waals surface area contributed by atoms with Crippen molar-refractivity contribution in [1.82, 2.24) is 0 Å². The molecule has 0 aromatic rings. The SMILES string of the molecule is CC(C)(C)OOC(O)(CC(=O)OC(F)(F)C(F)F)C(F)(F)C(F)F. The average molecular weight is 378 g/mol. The van der Waals surface area contributed by atoms with Gasteiger partial charge >= 0.3 is 30.9 Å². The number of esters is 1. The molecule has 0 saturated heterocycles. The van der Waals surface area contributed by atoms with E-state index in [0.29, 0.717) is 0 Å². The molecule has 0 bridgehead atoms. The molecule has 0 aromatic carbocycles. The number of halogens is 8. The summed E-state index contributed by atoms with van der Waals surface area (Å²) in [5.41, 5.74) is -1.46. The lowest BCUT2D eigenvalue weighted by Gasteiger charge is -2.34. The van der Waals surface area contributed by atoms with Crippen molar-refractivity contribution in [3.63, 3.8) is 0 Å². The van der Waals surface area contributed by atoms with Crippen LogP contribution in [0.15, 0.2) is 0 Å². The van der Waals surface area contributed by atoms with E-state index in [4.69, 9.17) is 0 Å². The lowest BCUT2D eigenvalue weighted by molar-refractivity contribution is -0.497. The van der Waals surface area contributed by atoms with Gasteiger partial charge in [0.2, 0.25) is 0 Å². The Morgan fingerprint density at radius 1 is 0.958 bits per heavy atom. The van der Waals surface area contributed by atoms with Crippen LogP contribution in [-0.2, 0) is 19.3 Å².